The van der Waals surface area contributed by atoms with E-state index in [1.165, 1.54) is 12.1 Å². The van der Waals surface area contributed by atoms with Gasteiger partial charge < -0.3 is 10.8 Å². The lowest BCUT2D eigenvalue weighted by Crippen LogP contribution is -2.17. The molecule has 1 aromatic carbocycles. The summed E-state index contributed by atoms with van der Waals surface area (Å²) in [6.45, 7) is 0. The van der Waals surface area contributed by atoms with Gasteiger partial charge >= 0.3 is 5.97 Å². The van der Waals surface area contributed by atoms with Gasteiger partial charge in [-0.1, -0.05) is 12.1 Å². The molecular formula is C10H12FNO4S. The molecule has 17 heavy (non-hydrogen) atoms. The third-order valence-corrected chi connectivity index (χ3v) is 3.30. The standard InChI is InChI=1S/C10H12FNO4S/c1-17(15,16)8-4-2-3-6(10(8)11)7(12)5-9(13)14/h2-4,7H,5,12H2,1H3,(H,13,14). The van der Waals surface area contributed by atoms with E-state index in [2.05, 4.69) is 0 Å². The number of benzene rings is 1. The van der Waals surface area contributed by atoms with Gasteiger partial charge in [0, 0.05) is 17.9 Å². The summed E-state index contributed by atoms with van der Waals surface area (Å²) in [5.74, 6) is -2.16. The molecule has 0 fully saturated rings. The third-order valence-electron chi connectivity index (χ3n) is 2.19. The summed E-state index contributed by atoms with van der Waals surface area (Å²) in [4.78, 5) is 9.98. The number of rotatable bonds is 4. The van der Waals surface area contributed by atoms with Crippen molar-refractivity contribution in [1.29, 1.82) is 0 Å². The van der Waals surface area contributed by atoms with Crippen molar-refractivity contribution in [3.8, 4) is 0 Å². The molecule has 94 valence electrons. The number of carboxylic acid groups (broad SMARTS) is 1. The van der Waals surface area contributed by atoms with Crippen molar-refractivity contribution >= 4 is 15.8 Å². The Kier molecular flexibility index (Phi) is 3.84. The minimum Gasteiger partial charge on any atom is -0.481 e. The highest BCUT2D eigenvalue weighted by molar-refractivity contribution is 7.90. The molecule has 1 atom stereocenters. The van der Waals surface area contributed by atoms with E-state index in [1.54, 1.807) is 0 Å². The van der Waals surface area contributed by atoms with Gasteiger partial charge in [0.25, 0.3) is 0 Å². The largest absolute Gasteiger partial charge is 0.481 e. The molecule has 1 aromatic rings. The van der Waals surface area contributed by atoms with Crippen LogP contribution in [0.4, 0.5) is 4.39 Å². The Morgan fingerprint density at radius 1 is 1.53 bits per heavy atom. The zero-order valence-corrected chi connectivity index (χ0v) is 9.87. The number of hydrogen-bond acceptors (Lipinski definition) is 4. The van der Waals surface area contributed by atoms with Crippen LogP contribution in [0.2, 0.25) is 0 Å². The molecule has 0 saturated carbocycles. The van der Waals surface area contributed by atoms with Gasteiger partial charge in [-0.15, -0.1) is 0 Å². The Hall–Kier alpha value is -1.47. The second-order valence-corrected chi connectivity index (χ2v) is 5.62. The minimum absolute atomic E-state index is 0.115. The van der Waals surface area contributed by atoms with Gasteiger partial charge in [-0.3, -0.25) is 4.79 Å². The number of sulfone groups is 1. The highest BCUT2D eigenvalue weighted by atomic mass is 32.2. The number of carbonyl (C=O) groups is 1. The van der Waals surface area contributed by atoms with Crippen LogP contribution in [-0.2, 0) is 14.6 Å². The van der Waals surface area contributed by atoms with E-state index in [9.17, 15) is 17.6 Å². The first-order valence-electron chi connectivity index (χ1n) is 4.69. The molecule has 0 spiro atoms. The average Bonchev–Trinajstić information content (AvgIpc) is 2.14. The molecule has 0 heterocycles. The van der Waals surface area contributed by atoms with E-state index >= 15 is 0 Å². The van der Waals surface area contributed by atoms with Crippen molar-refractivity contribution in [3.63, 3.8) is 0 Å². The van der Waals surface area contributed by atoms with Crippen molar-refractivity contribution in [3.05, 3.63) is 29.6 Å². The third kappa shape index (κ3) is 3.24. The molecule has 0 radical (unpaired) electrons. The SMILES string of the molecule is CS(=O)(=O)c1cccc(C(N)CC(=O)O)c1F. The van der Waals surface area contributed by atoms with Crippen molar-refractivity contribution in [1.82, 2.24) is 0 Å². The monoisotopic (exact) mass is 261 g/mol. The summed E-state index contributed by atoms with van der Waals surface area (Å²) in [6, 6.07) is 2.64. The maximum atomic E-state index is 13.8. The highest BCUT2D eigenvalue weighted by Crippen LogP contribution is 2.23. The topological polar surface area (TPSA) is 97.5 Å². The molecule has 7 heteroatoms. The number of hydrogen-bond donors (Lipinski definition) is 2. The van der Waals surface area contributed by atoms with Gasteiger partial charge in [-0.25, -0.2) is 12.8 Å². The molecule has 0 aromatic heterocycles. The molecule has 0 bridgehead atoms. The number of halogens is 1. The molecule has 0 amide bonds. The van der Waals surface area contributed by atoms with Crippen molar-refractivity contribution < 1.29 is 22.7 Å². The predicted molar refractivity (Wildman–Crippen MR) is 58.7 cm³/mol. The zero-order valence-electron chi connectivity index (χ0n) is 9.05. The maximum Gasteiger partial charge on any atom is 0.305 e. The molecule has 5 nitrogen and oxygen atoms in total. The Balaban J connectivity index is 3.24. The van der Waals surface area contributed by atoms with Crippen LogP contribution in [0.3, 0.4) is 0 Å². The molecule has 0 aliphatic heterocycles. The minimum atomic E-state index is -3.70. The Morgan fingerprint density at radius 3 is 2.59 bits per heavy atom. The van der Waals surface area contributed by atoms with Crippen molar-refractivity contribution in [2.45, 2.75) is 17.4 Å². The number of nitrogens with two attached hydrogens (primary N) is 1. The molecule has 3 N–H and O–H groups in total. The van der Waals surface area contributed by atoms with Gasteiger partial charge in [-0.05, 0) is 6.07 Å². The van der Waals surface area contributed by atoms with Crippen LogP contribution >= 0.6 is 0 Å². The van der Waals surface area contributed by atoms with Gasteiger partial charge in [0.2, 0.25) is 0 Å². The van der Waals surface area contributed by atoms with Crippen LogP contribution in [-0.4, -0.2) is 25.7 Å². The maximum absolute atomic E-state index is 13.8. The summed E-state index contributed by atoms with van der Waals surface area (Å²) in [7, 11) is -3.70. The lowest BCUT2D eigenvalue weighted by molar-refractivity contribution is -0.137. The van der Waals surface area contributed by atoms with Crippen LogP contribution in [0.1, 0.15) is 18.0 Å². The first-order valence-corrected chi connectivity index (χ1v) is 6.58. The highest BCUT2D eigenvalue weighted by Gasteiger charge is 2.21. The summed E-state index contributed by atoms with van der Waals surface area (Å²) in [5, 5.41) is 8.54. The quantitative estimate of drug-likeness (QED) is 0.831. The summed E-state index contributed by atoms with van der Waals surface area (Å²) in [5.41, 5.74) is 5.38. The predicted octanol–water partition coefficient (Wildman–Crippen LogP) is 0.704. The van der Waals surface area contributed by atoms with Gasteiger partial charge in [0.1, 0.15) is 10.7 Å². The molecule has 0 aliphatic rings. The van der Waals surface area contributed by atoms with E-state index in [4.69, 9.17) is 10.8 Å². The molecular weight excluding hydrogens is 249 g/mol. The van der Waals surface area contributed by atoms with E-state index in [-0.39, 0.29) is 5.56 Å². The lowest BCUT2D eigenvalue weighted by atomic mass is 10.0. The first kappa shape index (κ1) is 13.6. The fraction of sp³-hybridized carbons (Fsp3) is 0.300. The smallest absolute Gasteiger partial charge is 0.305 e. The van der Waals surface area contributed by atoms with Gasteiger partial charge in [0.15, 0.2) is 9.84 Å². The zero-order chi connectivity index (χ0) is 13.2. The van der Waals surface area contributed by atoms with E-state index in [1.807, 2.05) is 0 Å². The van der Waals surface area contributed by atoms with Crippen LogP contribution in [0, 0.1) is 5.82 Å². The second-order valence-electron chi connectivity index (χ2n) is 3.64. The average molecular weight is 261 g/mol. The summed E-state index contributed by atoms with van der Waals surface area (Å²) in [6.07, 6.45) is 0.405. The van der Waals surface area contributed by atoms with Gasteiger partial charge in [-0.2, -0.15) is 0 Å². The normalized spacial score (nSPS) is 13.4. The Morgan fingerprint density at radius 2 is 2.12 bits per heavy atom. The van der Waals surface area contributed by atoms with E-state index < -0.39 is 39.0 Å². The number of aliphatic carboxylic acids is 1. The van der Waals surface area contributed by atoms with Crippen LogP contribution in [0.5, 0.6) is 0 Å². The van der Waals surface area contributed by atoms with Crippen molar-refractivity contribution in [2.24, 2.45) is 5.73 Å². The fourth-order valence-corrected chi connectivity index (χ4v) is 2.17. The van der Waals surface area contributed by atoms with E-state index in [0.29, 0.717) is 0 Å². The van der Waals surface area contributed by atoms with Crippen molar-refractivity contribution in [2.75, 3.05) is 6.26 Å². The van der Waals surface area contributed by atoms with Crippen LogP contribution in [0.25, 0.3) is 0 Å². The first-order chi connectivity index (χ1) is 7.73. The summed E-state index contributed by atoms with van der Waals surface area (Å²) >= 11 is 0. The van der Waals surface area contributed by atoms with Gasteiger partial charge in [0.05, 0.1) is 6.42 Å². The molecule has 1 unspecified atom stereocenters. The Labute approximate surface area is 98.0 Å². The van der Waals surface area contributed by atoms with Crippen LogP contribution in [0.15, 0.2) is 23.1 Å². The number of carboxylic acids is 1. The molecule has 1 rings (SSSR count). The molecule has 0 saturated heterocycles. The van der Waals surface area contributed by atoms with Crippen LogP contribution < -0.4 is 5.73 Å². The van der Waals surface area contributed by atoms with E-state index in [0.717, 1.165) is 12.3 Å². The summed E-state index contributed by atoms with van der Waals surface area (Å²) < 4.78 is 36.3. The second kappa shape index (κ2) is 4.80. The fourth-order valence-electron chi connectivity index (χ4n) is 1.40. The molecule has 0 aliphatic carbocycles. The Bertz CT molecular complexity index is 541. The lowest BCUT2D eigenvalue weighted by Gasteiger charge is -2.12.